The Kier molecular flexibility index (Phi) is 6.78. The fourth-order valence-corrected chi connectivity index (χ4v) is 1.89. The van der Waals surface area contributed by atoms with Gasteiger partial charge in [-0.1, -0.05) is 72.1 Å². The maximum Gasteiger partial charge on any atom is 0.333 e. The molecule has 7 heteroatoms. The molecule has 1 N–H and O–H groups in total. The van der Waals surface area contributed by atoms with Crippen LogP contribution in [0.3, 0.4) is 0 Å². The van der Waals surface area contributed by atoms with Gasteiger partial charge in [0.15, 0.2) is 9.83 Å². The first-order chi connectivity index (χ1) is 9.75. The number of ether oxygens (including phenoxy) is 1. The van der Waals surface area contributed by atoms with Gasteiger partial charge in [-0.2, -0.15) is 0 Å². The van der Waals surface area contributed by atoms with Crippen LogP contribution in [0.5, 0.6) is 0 Å². The average molecular weight is 353 g/mol. The number of methoxy groups -OCH3 is 1. The first-order valence-electron chi connectivity index (χ1n) is 6.24. The molecule has 4 nitrogen and oxygen atoms in total. The van der Waals surface area contributed by atoms with Gasteiger partial charge in [0.2, 0.25) is 5.91 Å². The summed E-state index contributed by atoms with van der Waals surface area (Å²) in [7, 11) is 1.26. The molecular formula is C14H16Cl3NO3. The van der Waals surface area contributed by atoms with Crippen molar-refractivity contribution in [3.8, 4) is 0 Å². The number of hydrogen-bond acceptors (Lipinski definition) is 3. The van der Waals surface area contributed by atoms with Crippen molar-refractivity contribution in [1.82, 2.24) is 5.32 Å². The third-order valence-electron chi connectivity index (χ3n) is 2.93. The summed E-state index contributed by atoms with van der Waals surface area (Å²) >= 11 is 17.2. The molecule has 0 aliphatic rings. The molecule has 0 saturated carbocycles. The average Bonchev–Trinajstić information content (AvgIpc) is 2.43. The molecule has 1 rings (SSSR count). The van der Waals surface area contributed by atoms with Gasteiger partial charge in [0.1, 0.15) is 0 Å². The number of carbonyl (C=O) groups excluding carboxylic acids is 2. The number of hydrogen-bond donors (Lipinski definition) is 1. The molecule has 0 fully saturated rings. The lowest BCUT2D eigenvalue weighted by molar-refractivity contribution is -0.145. The molecule has 1 aromatic carbocycles. The zero-order valence-corrected chi connectivity index (χ0v) is 13.9. The second-order valence-electron chi connectivity index (χ2n) is 4.58. The van der Waals surface area contributed by atoms with Gasteiger partial charge >= 0.3 is 5.97 Å². The monoisotopic (exact) mass is 351 g/mol. The van der Waals surface area contributed by atoms with E-state index in [1.54, 1.807) is 31.2 Å². The summed E-state index contributed by atoms with van der Waals surface area (Å²) in [6, 6.07) is 7.90. The number of alkyl halides is 3. The van der Waals surface area contributed by atoms with Crippen LogP contribution in [0.15, 0.2) is 30.3 Å². The smallest absolute Gasteiger partial charge is 0.333 e. The second-order valence-corrected chi connectivity index (χ2v) is 6.95. The molecule has 0 spiro atoms. The van der Waals surface area contributed by atoms with Gasteiger partial charge in [0, 0.05) is 12.3 Å². The Morgan fingerprint density at radius 1 is 1.24 bits per heavy atom. The molecule has 1 amide bonds. The second kappa shape index (κ2) is 7.87. The van der Waals surface area contributed by atoms with E-state index in [2.05, 4.69) is 5.32 Å². The van der Waals surface area contributed by atoms with Gasteiger partial charge in [-0.05, 0) is 5.56 Å². The molecule has 0 heterocycles. The van der Waals surface area contributed by atoms with Crippen LogP contribution in [0.1, 0.15) is 24.9 Å². The number of amides is 1. The zero-order valence-electron chi connectivity index (χ0n) is 11.6. The summed E-state index contributed by atoms with van der Waals surface area (Å²) < 4.78 is 3.17. The van der Waals surface area contributed by atoms with Crippen LogP contribution in [0.2, 0.25) is 0 Å². The number of carbonyl (C=O) groups is 2. The van der Waals surface area contributed by atoms with Gasteiger partial charge in [-0.3, -0.25) is 4.79 Å². The largest absolute Gasteiger partial charge is 0.467 e. The van der Waals surface area contributed by atoms with Gasteiger partial charge < -0.3 is 10.1 Å². The molecule has 0 bridgehead atoms. The fourth-order valence-electron chi connectivity index (χ4n) is 1.66. The Morgan fingerprint density at radius 2 is 1.81 bits per heavy atom. The van der Waals surface area contributed by atoms with E-state index in [4.69, 9.17) is 39.5 Å². The van der Waals surface area contributed by atoms with Crippen LogP contribution in [0.4, 0.5) is 0 Å². The highest BCUT2D eigenvalue weighted by molar-refractivity contribution is 6.67. The lowest BCUT2D eigenvalue weighted by atomic mass is 10.1. The summed E-state index contributed by atoms with van der Waals surface area (Å²) in [6.45, 7) is 1.64. The van der Waals surface area contributed by atoms with Crippen molar-refractivity contribution in [2.24, 2.45) is 5.92 Å². The van der Waals surface area contributed by atoms with Crippen molar-refractivity contribution in [2.75, 3.05) is 7.11 Å². The Labute approximate surface area is 138 Å². The van der Waals surface area contributed by atoms with Gasteiger partial charge in [-0.25, -0.2) is 4.79 Å². The summed E-state index contributed by atoms with van der Waals surface area (Å²) in [4.78, 5) is 23.8. The summed E-state index contributed by atoms with van der Waals surface area (Å²) in [5.41, 5.74) is 0.624. The lowest BCUT2D eigenvalue weighted by Crippen LogP contribution is -2.36. The number of halogens is 3. The van der Waals surface area contributed by atoms with E-state index >= 15 is 0 Å². The highest BCUT2D eigenvalue weighted by atomic mass is 35.6. The molecule has 116 valence electrons. The normalized spacial score (nSPS) is 14.1. The number of nitrogens with one attached hydrogen (secondary N) is 1. The highest BCUT2D eigenvalue weighted by Crippen LogP contribution is 2.36. The van der Waals surface area contributed by atoms with Crippen molar-refractivity contribution in [3.63, 3.8) is 0 Å². The Balaban J connectivity index is 2.79. The van der Waals surface area contributed by atoms with E-state index < -0.39 is 27.6 Å². The van der Waals surface area contributed by atoms with Crippen LogP contribution in [0, 0.1) is 5.92 Å². The molecule has 0 unspecified atom stereocenters. The predicted octanol–water partition coefficient (Wildman–Crippen LogP) is 3.41. The van der Waals surface area contributed by atoms with E-state index in [0.29, 0.717) is 5.56 Å². The molecule has 0 saturated heterocycles. The third kappa shape index (κ3) is 5.73. The third-order valence-corrected chi connectivity index (χ3v) is 4.04. The van der Waals surface area contributed by atoms with Crippen molar-refractivity contribution < 1.29 is 14.3 Å². The van der Waals surface area contributed by atoms with Gasteiger partial charge in [-0.15, -0.1) is 0 Å². The summed E-state index contributed by atoms with van der Waals surface area (Å²) in [5.74, 6) is -1.44. The quantitative estimate of drug-likeness (QED) is 0.652. The minimum atomic E-state index is -1.54. The molecule has 1 aromatic rings. The zero-order chi connectivity index (χ0) is 16.0. The van der Waals surface area contributed by atoms with Crippen molar-refractivity contribution in [3.05, 3.63) is 35.9 Å². The maximum atomic E-state index is 12.0. The first kappa shape index (κ1) is 18.1. The molecule has 0 aromatic heterocycles. The van der Waals surface area contributed by atoms with Gasteiger partial charge in [0.05, 0.1) is 7.11 Å². The van der Waals surface area contributed by atoms with Crippen molar-refractivity contribution in [1.29, 1.82) is 0 Å². The van der Waals surface area contributed by atoms with Crippen LogP contribution in [-0.4, -0.2) is 22.8 Å². The topological polar surface area (TPSA) is 55.4 Å². The van der Waals surface area contributed by atoms with Crippen LogP contribution >= 0.6 is 34.8 Å². The molecule has 21 heavy (non-hydrogen) atoms. The minimum absolute atomic E-state index is 0.0170. The molecule has 0 radical (unpaired) electrons. The number of esters is 1. The maximum absolute atomic E-state index is 12.0. The molecule has 0 aliphatic heterocycles. The highest BCUT2D eigenvalue weighted by Gasteiger charge is 2.32. The van der Waals surface area contributed by atoms with E-state index in [1.165, 1.54) is 7.11 Å². The van der Waals surface area contributed by atoms with Crippen LogP contribution < -0.4 is 5.32 Å². The molecular weight excluding hydrogens is 337 g/mol. The Bertz CT molecular complexity index is 488. The molecule has 2 atom stereocenters. The molecule has 0 aliphatic carbocycles. The van der Waals surface area contributed by atoms with Crippen LogP contribution in [-0.2, 0) is 14.3 Å². The Hall–Kier alpha value is -0.970. The standard InChI is InChI=1S/C14H16Cl3NO3/c1-9(14(15,16)17)8-11(19)18-12(13(20)21-2)10-6-4-3-5-7-10/h3-7,9,12H,8H2,1-2H3,(H,18,19)/t9-,12-/m0/s1. The van der Waals surface area contributed by atoms with E-state index in [0.717, 1.165) is 0 Å². The van der Waals surface area contributed by atoms with Gasteiger partial charge in [0.25, 0.3) is 0 Å². The minimum Gasteiger partial charge on any atom is -0.467 e. The fraction of sp³-hybridized carbons (Fsp3) is 0.429. The SMILES string of the molecule is COC(=O)[C@@H](NC(=O)C[C@H](C)C(Cl)(Cl)Cl)c1ccccc1. The Morgan fingerprint density at radius 3 is 2.29 bits per heavy atom. The lowest BCUT2D eigenvalue weighted by Gasteiger charge is -2.21. The number of rotatable bonds is 5. The summed E-state index contributed by atoms with van der Waals surface area (Å²) in [5, 5.41) is 2.60. The van der Waals surface area contributed by atoms with Crippen molar-refractivity contribution >= 4 is 46.7 Å². The van der Waals surface area contributed by atoms with E-state index in [9.17, 15) is 9.59 Å². The predicted molar refractivity (Wildman–Crippen MR) is 83.4 cm³/mol. The van der Waals surface area contributed by atoms with Crippen LogP contribution in [0.25, 0.3) is 0 Å². The van der Waals surface area contributed by atoms with E-state index in [1.807, 2.05) is 6.07 Å². The van der Waals surface area contributed by atoms with E-state index in [-0.39, 0.29) is 6.42 Å². The van der Waals surface area contributed by atoms with Crippen molar-refractivity contribution in [2.45, 2.75) is 23.2 Å². The first-order valence-corrected chi connectivity index (χ1v) is 7.38. The summed E-state index contributed by atoms with van der Waals surface area (Å²) in [6.07, 6.45) is -0.0170. The number of benzene rings is 1.